The molecule has 106 valence electrons. The quantitative estimate of drug-likeness (QED) is 0.835. The lowest BCUT2D eigenvalue weighted by Gasteiger charge is -2.27. The van der Waals surface area contributed by atoms with E-state index in [1.165, 1.54) is 12.8 Å². The molecule has 1 aromatic rings. The third-order valence-electron chi connectivity index (χ3n) is 3.61. The molecule has 1 aliphatic carbocycles. The van der Waals surface area contributed by atoms with Crippen LogP contribution < -0.4 is 15.2 Å². The molecule has 2 rings (SSSR count). The van der Waals surface area contributed by atoms with Crippen molar-refractivity contribution in [3.8, 4) is 11.5 Å². The first-order valence-electron chi connectivity index (χ1n) is 7.27. The monoisotopic (exact) mass is 263 g/mol. The zero-order chi connectivity index (χ0) is 13.8. The predicted molar refractivity (Wildman–Crippen MR) is 78.7 cm³/mol. The first kappa shape index (κ1) is 14.0. The Morgan fingerprint density at radius 3 is 2.47 bits per heavy atom. The molecule has 0 saturated heterocycles. The number of nitrogens with two attached hydrogens (primary N) is 1. The summed E-state index contributed by atoms with van der Waals surface area (Å²) in [6.07, 6.45) is 5.27. The summed E-state index contributed by atoms with van der Waals surface area (Å²) in [5.41, 5.74) is 6.57. The van der Waals surface area contributed by atoms with E-state index in [2.05, 4.69) is 6.92 Å². The Kier molecular flexibility index (Phi) is 4.56. The Bertz CT molecular complexity index is 409. The summed E-state index contributed by atoms with van der Waals surface area (Å²) in [6.45, 7) is 6.30. The molecule has 1 aromatic carbocycles. The summed E-state index contributed by atoms with van der Waals surface area (Å²) in [5, 5.41) is 0. The van der Waals surface area contributed by atoms with Crippen molar-refractivity contribution >= 4 is 5.69 Å². The highest BCUT2D eigenvalue weighted by Gasteiger charge is 2.19. The van der Waals surface area contributed by atoms with Crippen molar-refractivity contribution in [2.45, 2.75) is 58.7 Å². The fourth-order valence-electron chi connectivity index (χ4n) is 2.48. The van der Waals surface area contributed by atoms with Crippen LogP contribution in [0.25, 0.3) is 0 Å². The molecule has 0 aromatic heterocycles. The van der Waals surface area contributed by atoms with E-state index in [1.807, 2.05) is 32.0 Å². The number of ether oxygens (including phenoxy) is 2. The van der Waals surface area contributed by atoms with E-state index >= 15 is 0 Å². The van der Waals surface area contributed by atoms with Crippen molar-refractivity contribution in [2.75, 3.05) is 5.73 Å². The molecule has 0 heterocycles. The molecule has 0 atom stereocenters. The molecule has 1 fully saturated rings. The molecule has 1 saturated carbocycles. The lowest BCUT2D eigenvalue weighted by molar-refractivity contribution is 0.135. The molecule has 19 heavy (non-hydrogen) atoms. The van der Waals surface area contributed by atoms with Gasteiger partial charge in [-0.2, -0.15) is 0 Å². The van der Waals surface area contributed by atoms with Crippen molar-refractivity contribution in [3.63, 3.8) is 0 Å². The largest absolute Gasteiger partial charge is 0.490 e. The Morgan fingerprint density at radius 2 is 1.84 bits per heavy atom. The first-order chi connectivity index (χ1) is 9.04. The van der Waals surface area contributed by atoms with Crippen LogP contribution in [0.5, 0.6) is 11.5 Å². The second kappa shape index (κ2) is 6.18. The zero-order valence-electron chi connectivity index (χ0n) is 12.2. The molecule has 2 N–H and O–H groups in total. The summed E-state index contributed by atoms with van der Waals surface area (Å²) < 4.78 is 11.7. The van der Waals surface area contributed by atoms with E-state index in [-0.39, 0.29) is 6.10 Å². The first-order valence-corrected chi connectivity index (χ1v) is 7.27. The molecule has 1 aliphatic rings. The van der Waals surface area contributed by atoms with E-state index in [0.29, 0.717) is 11.8 Å². The standard InChI is InChI=1S/C16H25NO2/c1-11(2)18-16-10-14(8-9-15(16)17)19-13-6-4-12(3)5-7-13/h8-13H,4-7,17H2,1-3H3. The van der Waals surface area contributed by atoms with Gasteiger partial charge in [0.15, 0.2) is 0 Å². The lowest BCUT2D eigenvalue weighted by atomic mass is 9.89. The van der Waals surface area contributed by atoms with Crippen LogP contribution in [-0.2, 0) is 0 Å². The van der Waals surface area contributed by atoms with Gasteiger partial charge in [-0.15, -0.1) is 0 Å². The number of hydrogen-bond acceptors (Lipinski definition) is 3. The minimum atomic E-state index is 0.119. The number of benzene rings is 1. The van der Waals surface area contributed by atoms with Crippen LogP contribution >= 0.6 is 0 Å². The summed E-state index contributed by atoms with van der Waals surface area (Å²) >= 11 is 0. The minimum absolute atomic E-state index is 0.119. The topological polar surface area (TPSA) is 44.5 Å². The minimum Gasteiger partial charge on any atom is -0.490 e. The van der Waals surface area contributed by atoms with Crippen LogP contribution in [0.2, 0.25) is 0 Å². The van der Waals surface area contributed by atoms with E-state index in [1.54, 1.807) is 0 Å². The van der Waals surface area contributed by atoms with Gasteiger partial charge in [-0.05, 0) is 57.6 Å². The van der Waals surface area contributed by atoms with Crippen molar-refractivity contribution < 1.29 is 9.47 Å². The van der Waals surface area contributed by atoms with Crippen molar-refractivity contribution in [2.24, 2.45) is 5.92 Å². The highest BCUT2D eigenvalue weighted by atomic mass is 16.5. The van der Waals surface area contributed by atoms with Crippen LogP contribution in [-0.4, -0.2) is 12.2 Å². The van der Waals surface area contributed by atoms with Gasteiger partial charge in [0.05, 0.1) is 17.9 Å². The Balaban J connectivity index is 2.00. The summed E-state index contributed by atoms with van der Waals surface area (Å²) in [7, 11) is 0. The zero-order valence-corrected chi connectivity index (χ0v) is 12.2. The SMILES string of the molecule is CC1CCC(Oc2ccc(N)c(OC(C)C)c2)CC1. The van der Waals surface area contributed by atoms with E-state index in [4.69, 9.17) is 15.2 Å². The fourth-order valence-corrected chi connectivity index (χ4v) is 2.48. The average molecular weight is 263 g/mol. The average Bonchev–Trinajstić information content (AvgIpc) is 2.36. The Labute approximate surface area is 116 Å². The van der Waals surface area contributed by atoms with Crippen LogP contribution in [0.3, 0.4) is 0 Å². The second-order valence-corrected chi connectivity index (χ2v) is 5.87. The number of hydrogen-bond donors (Lipinski definition) is 1. The van der Waals surface area contributed by atoms with Gasteiger partial charge in [0.2, 0.25) is 0 Å². The van der Waals surface area contributed by atoms with Gasteiger partial charge in [-0.3, -0.25) is 0 Å². The third kappa shape index (κ3) is 4.05. The maximum atomic E-state index is 6.05. The molecule has 0 radical (unpaired) electrons. The maximum Gasteiger partial charge on any atom is 0.146 e. The van der Waals surface area contributed by atoms with Crippen LogP contribution in [0, 0.1) is 5.92 Å². The van der Waals surface area contributed by atoms with Gasteiger partial charge < -0.3 is 15.2 Å². The molecular weight excluding hydrogens is 238 g/mol. The second-order valence-electron chi connectivity index (χ2n) is 5.87. The van der Waals surface area contributed by atoms with E-state index in [9.17, 15) is 0 Å². The van der Waals surface area contributed by atoms with Gasteiger partial charge in [-0.1, -0.05) is 6.92 Å². The molecule has 0 unspecified atom stereocenters. The van der Waals surface area contributed by atoms with Gasteiger partial charge >= 0.3 is 0 Å². The van der Waals surface area contributed by atoms with Gasteiger partial charge in [0.25, 0.3) is 0 Å². The lowest BCUT2D eigenvalue weighted by Crippen LogP contribution is -2.23. The van der Waals surface area contributed by atoms with E-state index < -0.39 is 0 Å². The van der Waals surface area contributed by atoms with Crippen molar-refractivity contribution in [3.05, 3.63) is 18.2 Å². The number of rotatable bonds is 4. The molecular formula is C16H25NO2. The molecule has 0 amide bonds. The van der Waals surface area contributed by atoms with Crippen LogP contribution in [0.15, 0.2) is 18.2 Å². The summed E-state index contributed by atoms with van der Waals surface area (Å²) in [6, 6.07) is 5.70. The van der Waals surface area contributed by atoms with Crippen LogP contribution in [0.1, 0.15) is 46.5 Å². The fraction of sp³-hybridized carbons (Fsp3) is 0.625. The highest BCUT2D eigenvalue weighted by molar-refractivity contribution is 5.55. The van der Waals surface area contributed by atoms with Crippen LogP contribution in [0.4, 0.5) is 5.69 Å². The Hall–Kier alpha value is -1.38. The number of nitrogen functional groups attached to an aromatic ring is 1. The molecule has 0 spiro atoms. The molecule has 3 nitrogen and oxygen atoms in total. The summed E-state index contributed by atoms with van der Waals surface area (Å²) in [5.74, 6) is 2.42. The summed E-state index contributed by atoms with van der Waals surface area (Å²) in [4.78, 5) is 0. The highest BCUT2D eigenvalue weighted by Crippen LogP contribution is 2.31. The normalized spacial score (nSPS) is 23.4. The van der Waals surface area contributed by atoms with E-state index in [0.717, 1.165) is 30.3 Å². The smallest absolute Gasteiger partial charge is 0.146 e. The predicted octanol–water partition coefficient (Wildman–Crippen LogP) is 4.01. The molecule has 3 heteroatoms. The Morgan fingerprint density at radius 1 is 1.16 bits per heavy atom. The van der Waals surface area contributed by atoms with Crippen molar-refractivity contribution in [1.82, 2.24) is 0 Å². The van der Waals surface area contributed by atoms with Gasteiger partial charge in [0, 0.05) is 6.07 Å². The van der Waals surface area contributed by atoms with Gasteiger partial charge in [-0.25, -0.2) is 0 Å². The molecule has 0 aliphatic heterocycles. The van der Waals surface area contributed by atoms with Crippen molar-refractivity contribution in [1.29, 1.82) is 0 Å². The molecule has 0 bridgehead atoms. The maximum absolute atomic E-state index is 6.05. The number of anilines is 1. The third-order valence-corrected chi connectivity index (χ3v) is 3.61. The van der Waals surface area contributed by atoms with Gasteiger partial charge in [0.1, 0.15) is 11.5 Å².